The number of nitrogens with one attached hydrogen (secondary N) is 1. The Balaban J connectivity index is 2.36. The smallest absolute Gasteiger partial charge is 0.247 e. The van der Waals surface area contributed by atoms with E-state index in [4.69, 9.17) is 0 Å². The number of rotatable bonds is 5. The van der Waals surface area contributed by atoms with Gasteiger partial charge in [0.1, 0.15) is 6.04 Å². The molecule has 0 aliphatic carbocycles. The first-order valence-electron chi connectivity index (χ1n) is 7.72. The minimum Gasteiger partial charge on any atom is -0.324 e. The fraction of sp³-hybridized carbons (Fsp3) is 0.278. The number of hydrogen-bond acceptors (Lipinski definition) is 3. The Kier molecular flexibility index (Phi) is 5.90. The van der Waals surface area contributed by atoms with Gasteiger partial charge in [0.15, 0.2) is 0 Å². The summed E-state index contributed by atoms with van der Waals surface area (Å²) >= 11 is 3.33. The number of halogens is 1. The second-order valence-electron chi connectivity index (χ2n) is 6.02. The van der Waals surface area contributed by atoms with Gasteiger partial charge >= 0.3 is 0 Å². The van der Waals surface area contributed by atoms with E-state index in [2.05, 4.69) is 21.2 Å². The molecule has 0 heterocycles. The molecule has 1 atom stereocenters. The number of sulfonamides is 1. The average molecular weight is 425 g/mol. The van der Waals surface area contributed by atoms with Crippen molar-refractivity contribution in [1.82, 2.24) is 0 Å². The molecule has 0 spiro atoms. The predicted octanol–water partition coefficient (Wildman–Crippen LogP) is 3.86. The van der Waals surface area contributed by atoms with Gasteiger partial charge in [0.25, 0.3) is 0 Å². The van der Waals surface area contributed by atoms with Crippen LogP contribution in [-0.4, -0.2) is 26.6 Å². The van der Waals surface area contributed by atoms with Crippen LogP contribution >= 0.6 is 15.9 Å². The predicted molar refractivity (Wildman–Crippen MR) is 105 cm³/mol. The maximum atomic E-state index is 12.6. The summed E-state index contributed by atoms with van der Waals surface area (Å²) in [5.74, 6) is -0.395. The summed E-state index contributed by atoms with van der Waals surface area (Å²) in [5, 5.41) is 2.76. The van der Waals surface area contributed by atoms with Crippen LogP contribution in [0.3, 0.4) is 0 Å². The zero-order valence-corrected chi connectivity index (χ0v) is 17.0. The van der Waals surface area contributed by atoms with Gasteiger partial charge in [-0.2, -0.15) is 0 Å². The third kappa shape index (κ3) is 4.83. The Morgan fingerprint density at radius 2 is 1.72 bits per heavy atom. The molecule has 5 nitrogen and oxygen atoms in total. The zero-order chi connectivity index (χ0) is 18.8. The molecule has 1 amide bonds. The van der Waals surface area contributed by atoms with Gasteiger partial charge in [-0.05, 0) is 62.2 Å². The third-order valence-corrected chi connectivity index (χ3v) is 5.56. The molecule has 0 aromatic heterocycles. The molecule has 25 heavy (non-hydrogen) atoms. The zero-order valence-electron chi connectivity index (χ0n) is 14.6. The molecule has 0 aliphatic rings. The summed E-state index contributed by atoms with van der Waals surface area (Å²) in [7, 11) is -3.64. The molecule has 2 aromatic rings. The lowest BCUT2D eigenvalue weighted by Crippen LogP contribution is -2.45. The summed E-state index contributed by atoms with van der Waals surface area (Å²) in [6, 6.07) is 11.8. The number of carbonyl (C=O) groups excluding carboxylic acids is 1. The van der Waals surface area contributed by atoms with E-state index in [0.29, 0.717) is 11.4 Å². The lowest BCUT2D eigenvalue weighted by atomic mass is 10.1. The van der Waals surface area contributed by atoms with Crippen LogP contribution < -0.4 is 9.62 Å². The normalized spacial score (nSPS) is 12.5. The quantitative estimate of drug-likeness (QED) is 0.791. The number of anilines is 2. The Bertz CT molecular complexity index is 880. The van der Waals surface area contributed by atoms with Gasteiger partial charge in [0.05, 0.1) is 11.9 Å². The van der Waals surface area contributed by atoms with Crippen molar-refractivity contribution in [1.29, 1.82) is 0 Å². The van der Waals surface area contributed by atoms with Crippen LogP contribution in [0.15, 0.2) is 46.9 Å². The van der Waals surface area contributed by atoms with Crippen LogP contribution in [-0.2, 0) is 14.8 Å². The van der Waals surface area contributed by atoms with Gasteiger partial charge in [-0.15, -0.1) is 0 Å². The first-order chi connectivity index (χ1) is 11.6. The van der Waals surface area contributed by atoms with Crippen molar-refractivity contribution in [2.75, 3.05) is 15.9 Å². The minimum absolute atomic E-state index is 0.395. The first-order valence-corrected chi connectivity index (χ1v) is 10.4. The van der Waals surface area contributed by atoms with E-state index in [0.717, 1.165) is 21.9 Å². The van der Waals surface area contributed by atoms with Gasteiger partial charge in [-0.3, -0.25) is 9.10 Å². The summed E-state index contributed by atoms with van der Waals surface area (Å²) in [5.41, 5.74) is 2.84. The molecule has 0 radical (unpaired) electrons. The monoisotopic (exact) mass is 424 g/mol. The fourth-order valence-corrected chi connectivity index (χ4v) is 4.01. The van der Waals surface area contributed by atoms with Crippen molar-refractivity contribution in [3.05, 3.63) is 58.1 Å². The molecule has 7 heteroatoms. The van der Waals surface area contributed by atoms with Crippen LogP contribution in [0, 0.1) is 13.8 Å². The molecule has 0 bridgehead atoms. The summed E-state index contributed by atoms with van der Waals surface area (Å²) < 4.78 is 26.8. The highest BCUT2D eigenvalue weighted by Gasteiger charge is 2.30. The van der Waals surface area contributed by atoms with E-state index in [1.54, 1.807) is 37.3 Å². The standard InChI is InChI=1S/C18H21BrN2O3S/c1-12-5-6-13(2)17(11-12)21(25(4,23)24)14(3)18(22)20-16-9-7-15(19)8-10-16/h5-11,14H,1-4H3,(H,20,22)/t14-/m1/s1. The summed E-state index contributed by atoms with van der Waals surface area (Å²) in [4.78, 5) is 12.6. The van der Waals surface area contributed by atoms with E-state index < -0.39 is 22.0 Å². The first kappa shape index (κ1) is 19.5. The van der Waals surface area contributed by atoms with Crippen LogP contribution in [0.4, 0.5) is 11.4 Å². The Morgan fingerprint density at radius 3 is 2.28 bits per heavy atom. The molecule has 2 rings (SSSR count). The number of hydrogen-bond donors (Lipinski definition) is 1. The van der Waals surface area contributed by atoms with Gasteiger partial charge in [-0.1, -0.05) is 28.1 Å². The van der Waals surface area contributed by atoms with Crippen molar-refractivity contribution in [2.24, 2.45) is 0 Å². The molecule has 0 saturated carbocycles. The van der Waals surface area contributed by atoms with Gasteiger partial charge in [0.2, 0.25) is 15.9 Å². The molecule has 0 fully saturated rings. The van der Waals surface area contributed by atoms with Gasteiger partial charge in [-0.25, -0.2) is 8.42 Å². The van der Waals surface area contributed by atoms with Crippen LogP contribution in [0.2, 0.25) is 0 Å². The second kappa shape index (κ2) is 7.58. The van der Waals surface area contributed by atoms with Crippen molar-refractivity contribution in [3.8, 4) is 0 Å². The molecular weight excluding hydrogens is 404 g/mol. The average Bonchev–Trinajstić information content (AvgIpc) is 2.51. The Morgan fingerprint density at radius 1 is 1.12 bits per heavy atom. The highest BCUT2D eigenvalue weighted by atomic mass is 79.9. The van der Waals surface area contributed by atoms with Crippen LogP contribution in [0.25, 0.3) is 0 Å². The number of nitrogens with zero attached hydrogens (tertiary/aromatic N) is 1. The lowest BCUT2D eigenvalue weighted by molar-refractivity contribution is -0.116. The van der Waals surface area contributed by atoms with Gasteiger partial charge < -0.3 is 5.32 Å². The van der Waals surface area contributed by atoms with Crippen molar-refractivity contribution >= 4 is 43.2 Å². The topological polar surface area (TPSA) is 66.5 Å². The molecule has 0 aliphatic heterocycles. The summed E-state index contributed by atoms with van der Waals surface area (Å²) in [6.45, 7) is 5.29. The SMILES string of the molecule is Cc1ccc(C)c(N([C@H](C)C(=O)Nc2ccc(Br)cc2)S(C)(=O)=O)c1. The molecule has 0 saturated heterocycles. The molecule has 134 valence electrons. The number of carbonyl (C=O) groups is 1. The van der Waals surface area contributed by atoms with E-state index in [1.807, 2.05) is 26.0 Å². The van der Waals surface area contributed by atoms with Crippen molar-refractivity contribution in [2.45, 2.75) is 26.8 Å². The van der Waals surface area contributed by atoms with E-state index >= 15 is 0 Å². The number of amides is 1. The van der Waals surface area contributed by atoms with Crippen molar-refractivity contribution < 1.29 is 13.2 Å². The second-order valence-corrected chi connectivity index (χ2v) is 8.80. The van der Waals surface area contributed by atoms with E-state index in [-0.39, 0.29) is 0 Å². The minimum atomic E-state index is -3.64. The Labute approximate surface area is 157 Å². The van der Waals surface area contributed by atoms with Crippen LogP contribution in [0.1, 0.15) is 18.1 Å². The van der Waals surface area contributed by atoms with Crippen LogP contribution in [0.5, 0.6) is 0 Å². The third-order valence-electron chi connectivity index (χ3n) is 3.80. The van der Waals surface area contributed by atoms with E-state index in [1.165, 1.54) is 4.31 Å². The van der Waals surface area contributed by atoms with E-state index in [9.17, 15) is 13.2 Å². The fourth-order valence-electron chi connectivity index (χ4n) is 2.52. The molecule has 2 aromatic carbocycles. The molecule has 1 N–H and O–H groups in total. The van der Waals surface area contributed by atoms with Gasteiger partial charge in [0, 0.05) is 10.2 Å². The lowest BCUT2D eigenvalue weighted by Gasteiger charge is -2.29. The number of benzene rings is 2. The highest BCUT2D eigenvalue weighted by molar-refractivity contribution is 9.10. The highest BCUT2D eigenvalue weighted by Crippen LogP contribution is 2.26. The maximum Gasteiger partial charge on any atom is 0.247 e. The maximum absolute atomic E-state index is 12.6. The summed E-state index contributed by atoms with van der Waals surface area (Å²) in [6.07, 6.45) is 1.11. The number of aryl methyl sites for hydroxylation is 2. The van der Waals surface area contributed by atoms with Crippen molar-refractivity contribution in [3.63, 3.8) is 0 Å². The molecular formula is C18H21BrN2O3S. The molecule has 0 unspecified atom stereocenters. The largest absolute Gasteiger partial charge is 0.324 e. The Hall–Kier alpha value is -1.86.